The largest absolute Gasteiger partial charge is 0.395 e. The highest BCUT2D eigenvalue weighted by atomic mass is 35.5. The van der Waals surface area contributed by atoms with Gasteiger partial charge in [0, 0.05) is 31.2 Å². The van der Waals surface area contributed by atoms with Gasteiger partial charge in [0.2, 0.25) is 0 Å². The summed E-state index contributed by atoms with van der Waals surface area (Å²) in [6.45, 7) is 1.80. The number of nitrogens with zero attached hydrogens (tertiary/aromatic N) is 1. The van der Waals surface area contributed by atoms with E-state index in [1.54, 1.807) is 6.92 Å². The molecule has 3 N–H and O–H groups in total. The van der Waals surface area contributed by atoms with Crippen LogP contribution in [0.3, 0.4) is 0 Å². The van der Waals surface area contributed by atoms with Gasteiger partial charge < -0.3 is 16.0 Å². The highest BCUT2D eigenvalue weighted by molar-refractivity contribution is 6.34. The minimum absolute atomic E-state index is 0.0160. The second-order valence-electron chi connectivity index (χ2n) is 4.82. The van der Waals surface area contributed by atoms with E-state index in [0.29, 0.717) is 5.69 Å². The summed E-state index contributed by atoms with van der Waals surface area (Å²) in [6.07, 6.45) is 0. The number of halogens is 2. The van der Waals surface area contributed by atoms with E-state index in [4.69, 9.17) is 17.3 Å². The monoisotopic (exact) mass is 293 g/mol. The standard InChI is InChI=1S/C15H17ClFN3/c1-9-13(8-12(17)15(18)14(9)16)19-10-4-6-11(7-5-10)20(2)3/h4-8,19H,18H2,1-3H3. The molecule has 2 aromatic rings. The molecule has 0 aliphatic heterocycles. The Morgan fingerprint density at radius 3 is 2.35 bits per heavy atom. The van der Waals surface area contributed by atoms with E-state index in [2.05, 4.69) is 5.32 Å². The van der Waals surface area contributed by atoms with Gasteiger partial charge in [-0.15, -0.1) is 0 Å². The maximum absolute atomic E-state index is 13.6. The highest BCUT2D eigenvalue weighted by Gasteiger charge is 2.11. The van der Waals surface area contributed by atoms with Crippen molar-refractivity contribution in [2.45, 2.75) is 6.92 Å². The second kappa shape index (κ2) is 5.59. The van der Waals surface area contributed by atoms with Gasteiger partial charge in [0.1, 0.15) is 5.82 Å². The van der Waals surface area contributed by atoms with Crippen molar-refractivity contribution in [3.63, 3.8) is 0 Å². The summed E-state index contributed by atoms with van der Waals surface area (Å²) in [6, 6.07) is 9.17. The van der Waals surface area contributed by atoms with Gasteiger partial charge in [-0.25, -0.2) is 4.39 Å². The third-order valence-corrected chi connectivity index (χ3v) is 3.65. The van der Waals surface area contributed by atoms with Crippen molar-refractivity contribution in [1.29, 1.82) is 0 Å². The van der Waals surface area contributed by atoms with Crippen molar-refractivity contribution in [3.05, 3.63) is 46.7 Å². The molecule has 0 aromatic heterocycles. The molecule has 0 spiro atoms. The van der Waals surface area contributed by atoms with Gasteiger partial charge in [-0.3, -0.25) is 0 Å². The summed E-state index contributed by atoms with van der Waals surface area (Å²) in [4.78, 5) is 2.01. The number of rotatable bonds is 3. The highest BCUT2D eigenvalue weighted by Crippen LogP contribution is 2.33. The van der Waals surface area contributed by atoms with Crippen molar-refractivity contribution >= 4 is 34.4 Å². The number of nitrogens with two attached hydrogens (primary N) is 1. The Balaban J connectivity index is 2.30. The van der Waals surface area contributed by atoms with E-state index in [0.717, 1.165) is 16.9 Å². The van der Waals surface area contributed by atoms with Crippen LogP contribution < -0.4 is 16.0 Å². The molecule has 0 unspecified atom stereocenters. The lowest BCUT2D eigenvalue weighted by Crippen LogP contribution is -2.08. The van der Waals surface area contributed by atoms with Crippen LogP contribution in [0.1, 0.15) is 5.56 Å². The SMILES string of the molecule is Cc1c(Nc2ccc(N(C)C)cc2)cc(F)c(N)c1Cl. The predicted octanol–water partition coefficient (Wildman–Crippen LogP) is 4.18. The number of nitrogen functional groups attached to an aromatic ring is 1. The van der Waals surface area contributed by atoms with Crippen LogP contribution in [0, 0.1) is 12.7 Å². The number of benzene rings is 2. The summed E-state index contributed by atoms with van der Waals surface area (Å²) < 4.78 is 13.6. The van der Waals surface area contributed by atoms with Gasteiger partial charge in [0.25, 0.3) is 0 Å². The van der Waals surface area contributed by atoms with Crippen molar-refractivity contribution < 1.29 is 4.39 Å². The van der Waals surface area contributed by atoms with Crippen LogP contribution in [-0.4, -0.2) is 14.1 Å². The van der Waals surface area contributed by atoms with Gasteiger partial charge in [-0.05, 0) is 42.8 Å². The van der Waals surface area contributed by atoms with Gasteiger partial charge in [-0.2, -0.15) is 0 Å². The van der Waals surface area contributed by atoms with Crippen molar-refractivity contribution in [1.82, 2.24) is 0 Å². The van der Waals surface area contributed by atoms with E-state index in [-0.39, 0.29) is 10.7 Å². The smallest absolute Gasteiger partial charge is 0.149 e. The maximum atomic E-state index is 13.6. The number of hydrogen-bond donors (Lipinski definition) is 2. The van der Waals surface area contributed by atoms with Crippen LogP contribution >= 0.6 is 11.6 Å². The van der Waals surface area contributed by atoms with E-state index < -0.39 is 5.82 Å². The van der Waals surface area contributed by atoms with Crippen molar-refractivity contribution in [3.8, 4) is 0 Å². The molecule has 0 aliphatic rings. The number of hydrogen-bond acceptors (Lipinski definition) is 3. The first-order valence-corrected chi connectivity index (χ1v) is 6.56. The lowest BCUT2D eigenvalue weighted by molar-refractivity contribution is 0.633. The fraction of sp³-hybridized carbons (Fsp3) is 0.200. The summed E-state index contributed by atoms with van der Waals surface area (Å²) in [7, 11) is 3.95. The summed E-state index contributed by atoms with van der Waals surface area (Å²) in [5.74, 6) is -0.520. The second-order valence-corrected chi connectivity index (χ2v) is 5.20. The first-order valence-electron chi connectivity index (χ1n) is 6.18. The molecular formula is C15H17ClFN3. The third-order valence-electron chi connectivity index (χ3n) is 3.16. The zero-order valence-electron chi connectivity index (χ0n) is 11.7. The van der Waals surface area contributed by atoms with Gasteiger partial charge >= 0.3 is 0 Å². The molecule has 5 heteroatoms. The average Bonchev–Trinajstić information content (AvgIpc) is 2.43. The number of anilines is 4. The fourth-order valence-corrected chi connectivity index (χ4v) is 2.06. The van der Waals surface area contributed by atoms with Crippen LogP contribution in [-0.2, 0) is 0 Å². The fourth-order valence-electron chi connectivity index (χ4n) is 1.87. The Morgan fingerprint density at radius 1 is 1.20 bits per heavy atom. The molecule has 0 saturated carbocycles. The minimum Gasteiger partial charge on any atom is -0.395 e. The van der Waals surface area contributed by atoms with Crippen molar-refractivity contribution in [2.75, 3.05) is 30.0 Å². The van der Waals surface area contributed by atoms with E-state index in [1.807, 2.05) is 43.3 Å². The van der Waals surface area contributed by atoms with Crippen LogP contribution in [0.15, 0.2) is 30.3 Å². The van der Waals surface area contributed by atoms with Crippen molar-refractivity contribution in [2.24, 2.45) is 0 Å². The Labute approximate surface area is 123 Å². The summed E-state index contributed by atoms with van der Waals surface area (Å²) in [5.41, 5.74) is 8.83. The molecule has 0 saturated heterocycles. The molecule has 0 bridgehead atoms. The van der Waals surface area contributed by atoms with Crippen LogP contribution in [0.2, 0.25) is 5.02 Å². The minimum atomic E-state index is -0.520. The van der Waals surface area contributed by atoms with Gasteiger partial charge in [0.05, 0.1) is 10.7 Å². The molecule has 0 aliphatic carbocycles. The van der Waals surface area contributed by atoms with Crippen LogP contribution in [0.5, 0.6) is 0 Å². The quantitative estimate of drug-likeness (QED) is 0.834. The van der Waals surface area contributed by atoms with E-state index >= 15 is 0 Å². The topological polar surface area (TPSA) is 41.3 Å². The van der Waals surface area contributed by atoms with Gasteiger partial charge in [-0.1, -0.05) is 11.6 Å². The Bertz CT molecular complexity index is 624. The normalized spacial score (nSPS) is 10.4. The predicted molar refractivity (Wildman–Crippen MR) is 84.6 cm³/mol. The lowest BCUT2D eigenvalue weighted by Gasteiger charge is -2.15. The van der Waals surface area contributed by atoms with E-state index in [1.165, 1.54) is 6.07 Å². The number of nitrogens with one attached hydrogen (secondary N) is 1. The molecule has 20 heavy (non-hydrogen) atoms. The molecule has 3 nitrogen and oxygen atoms in total. The maximum Gasteiger partial charge on any atom is 0.149 e. The zero-order valence-corrected chi connectivity index (χ0v) is 12.4. The molecule has 106 valence electrons. The lowest BCUT2D eigenvalue weighted by atomic mass is 10.1. The average molecular weight is 294 g/mol. The Morgan fingerprint density at radius 2 is 1.80 bits per heavy atom. The van der Waals surface area contributed by atoms with Gasteiger partial charge in [0.15, 0.2) is 0 Å². The first-order chi connectivity index (χ1) is 9.40. The van der Waals surface area contributed by atoms with E-state index in [9.17, 15) is 4.39 Å². The molecular weight excluding hydrogens is 277 g/mol. The summed E-state index contributed by atoms with van der Waals surface area (Å²) >= 11 is 6.01. The Kier molecular flexibility index (Phi) is 4.04. The Hall–Kier alpha value is -1.94. The molecule has 0 radical (unpaired) electrons. The first kappa shape index (κ1) is 14.5. The third kappa shape index (κ3) is 2.80. The molecule has 0 fully saturated rings. The van der Waals surface area contributed by atoms with Crippen LogP contribution in [0.25, 0.3) is 0 Å². The zero-order chi connectivity index (χ0) is 14.9. The molecule has 2 aromatic carbocycles. The molecule has 0 atom stereocenters. The molecule has 2 rings (SSSR count). The summed E-state index contributed by atoms with van der Waals surface area (Å²) in [5, 5.41) is 3.40. The molecule has 0 amide bonds. The van der Waals surface area contributed by atoms with Crippen LogP contribution in [0.4, 0.5) is 27.1 Å². The molecule has 0 heterocycles.